The number of nitrogens with one attached hydrogen (secondary N) is 1. The molecule has 9 heteroatoms. The average Bonchev–Trinajstić information content (AvgIpc) is 3.03. The van der Waals surface area contributed by atoms with Gasteiger partial charge in [0, 0.05) is 16.0 Å². The second-order valence-corrected chi connectivity index (χ2v) is 7.92. The molecule has 130 valence electrons. The number of halogens is 2. The van der Waals surface area contributed by atoms with Gasteiger partial charge in [0.15, 0.2) is 16.7 Å². The van der Waals surface area contributed by atoms with Crippen molar-refractivity contribution in [1.82, 2.24) is 4.98 Å². The zero-order chi connectivity index (χ0) is 18.0. The molecule has 0 aliphatic heterocycles. The first-order valence-corrected chi connectivity index (χ1v) is 9.71. The summed E-state index contributed by atoms with van der Waals surface area (Å²) in [6.45, 7) is 0. The van der Waals surface area contributed by atoms with Crippen molar-refractivity contribution in [2.45, 2.75) is 4.90 Å². The first-order chi connectivity index (χ1) is 11.9. The van der Waals surface area contributed by atoms with E-state index in [0.717, 1.165) is 23.0 Å². The Hall–Kier alpha value is -2.16. The summed E-state index contributed by atoms with van der Waals surface area (Å²) in [6.07, 6.45) is 0. The second kappa shape index (κ2) is 6.99. The van der Waals surface area contributed by atoms with Crippen LogP contribution in [0.5, 0.6) is 5.75 Å². The lowest BCUT2D eigenvalue weighted by atomic mass is 10.2. The van der Waals surface area contributed by atoms with Gasteiger partial charge < -0.3 is 4.74 Å². The zero-order valence-electron chi connectivity index (χ0n) is 12.9. The molecule has 0 aliphatic carbocycles. The summed E-state index contributed by atoms with van der Waals surface area (Å²) in [7, 11) is -2.65. The predicted octanol–water partition coefficient (Wildman–Crippen LogP) is 4.41. The van der Waals surface area contributed by atoms with E-state index in [1.165, 1.54) is 19.2 Å². The maximum Gasteiger partial charge on any atom is 0.263 e. The Labute approximate surface area is 153 Å². The van der Waals surface area contributed by atoms with Crippen molar-refractivity contribution in [2.24, 2.45) is 0 Å². The van der Waals surface area contributed by atoms with Crippen LogP contribution in [0.25, 0.3) is 11.3 Å². The minimum Gasteiger partial charge on any atom is -0.494 e. The number of thiazole rings is 1. The number of methoxy groups -OCH3 is 1. The van der Waals surface area contributed by atoms with Gasteiger partial charge in [-0.2, -0.15) is 0 Å². The van der Waals surface area contributed by atoms with Crippen molar-refractivity contribution in [3.8, 4) is 17.0 Å². The van der Waals surface area contributed by atoms with Gasteiger partial charge in [0.05, 0.1) is 17.7 Å². The van der Waals surface area contributed by atoms with Crippen LogP contribution in [0.15, 0.2) is 52.7 Å². The molecule has 0 radical (unpaired) electrons. The predicted molar refractivity (Wildman–Crippen MR) is 96.3 cm³/mol. The van der Waals surface area contributed by atoms with Gasteiger partial charge in [-0.05, 0) is 30.3 Å². The molecule has 1 aromatic heterocycles. The van der Waals surface area contributed by atoms with Crippen LogP contribution in [0.2, 0.25) is 5.02 Å². The van der Waals surface area contributed by atoms with Gasteiger partial charge in [-0.25, -0.2) is 17.8 Å². The monoisotopic (exact) mass is 398 g/mol. The highest BCUT2D eigenvalue weighted by Crippen LogP contribution is 2.28. The van der Waals surface area contributed by atoms with Gasteiger partial charge in [-0.15, -0.1) is 11.3 Å². The van der Waals surface area contributed by atoms with E-state index in [2.05, 4.69) is 9.71 Å². The summed E-state index contributed by atoms with van der Waals surface area (Å²) in [5.41, 5.74) is 1.42. The highest BCUT2D eigenvalue weighted by atomic mass is 35.5. The molecule has 1 heterocycles. The first kappa shape index (κ1) is 17.7. The molecular formula is C16H12ClFN2O3S2. The van der Waals surface area contributed by atoms with Crippen LogP contribution in [0.1, 0.15) is 0 Å². The summed E-state index contributed by atoms with van der Waals surface area (Å²) < 4.78 is 45.6. The van der Waals surface area contributed by atoms with Gasteiger partial charge >= 0.3 is 0 Å². The van der Waals surface area contributed by atoms with E-state index in [1.54, 1.807) is 29.6 Å². The molecule has 1 N–H and O–H groups in total. The average molecular weight is 399 g/mol. The molecule has 0 atom stereocenters. The molecule has 3 aromatic rings. The second-order valence-electron chi connectivity index (χ2n) is 4.95. The molecule has 0 bridgehead atoms. The quantitative estimate of drug-likeness (QED) is 0.691. The Bertz CT molecular complexity index is 1000. The molecule has 0 saturated heterocycles. The number of rotatable bonds is 5. The third-order valence-electron chi connectivity index (χ3n) is 3.30. The summed E-state index contributed by atoms with van der Waals surface area (Å²) in [5.74, 6) is -0.787. The summed E-state index contributed by atoms with van der Waals surface area (Å²) in [5, 5.41) is 2.50. The summed E-state index contributed by atoms with van der Waals surface area (Å²) >= 11 is 6.97. The fourth-order valence-corrected chi connectivity index (χ4v) is 4.17. The Morgan fingerprint density at radius 1 is 1.20 bits per heavy atom. The highest BCUT2D eigenvalue weighted by Gasteiger charge is 2.18. The first-order valence-electron chi connectivity index (χ1n) is 6.97. The molecule has 0 aliphatic rings. The third-order valence-corrected chi connectivity index (χ3v) is 5.77. The van der Waals surface area contributed by atoms with Gasteiger partial charge in [0.2, 0.25) is 0 Å². The van der Waals surface area contributed by atoms with Crippen LogP contribution in [0.3, 0.4) is 0 Å². The number of hydrogen-bond donors (Lipinski definition) is 1. The molecular weight excluding hydrogens is 387 g/mol. The lowest BCUT2D eigenvalue weighted by Crippen LogP contribution is -2.13. The smallest absolute Gasteiger partial charge is 0.263 e. The zero-order valence-corrected chi connectivity index (χ0v) is 15.3. The summed E-state index contributed by atoms with van der Waals surface area (Å²) in [6, 6.07) is 10.4. The van der Waals surface area contributed by atoms with Crippen molar-refractivity contribution in [3.63, 3.8) is 0 Å². The number of ether oxygens (including phenoxy) is 1. The Kier molecular flexibility index (Phi) is 4.94. The number of benzene rings is 2. The topological polar surface area (TPSA) is 68.3 Å². The van der Waals surface area contributed by atoms with Crippen molar-refractivity contribution in [1.29, 1.82) is 0 Å². The third kappa shape index (κ3) is 3.92. The van der Waals surface area contributed by atoms with Crippen LogP contribution >= 0.6 is 22.9 Å². The van der Waals surface area contributed by atoms with E-state index in [0.29, 0.717) is 10.7 Å². The molecule has 25 heavy (non-hydrogen) atoms. The van der Waals surface area contributed by atoms with Crippen LogP contribution in [0, 0.1) is 5.82 Å². The SMILES string of the molecule is COc1ccc(S(=O)(=O)Nc2nc(-c3ccc(Cl)cc3)cs2)cc1F. The van der Waals surface area contributed by atoms with Crippen LogP contribution in [-0.4, -0.2) is 20.5 Å². The van der Waals surface area contributed by atoms with Crippen LogP contribution in [0.4, 0.5) is 9.52 Å². The number of sulfonamides is 1. The van der Waals surface area contributed by atoms with E-state index >= 15 is 0 Å². The molecule has 0 fully saturated rings. The maximum atomic E-state index is 13.7. The van der Waals surface area contributed by atoms with Crippen molar-refractivity contribution in [3.05, 3.63) is 58.7 Å². The maximum absolute atomic E-state index is 13.7. The Morgan fingerprint density at radius 2 is 1.92 bits per heavy atom. The molecule has 0 amide bonds. The number of hydrogen-bond acceptors (Lipinski definition) is 5. The van der Waals surface area contributed by atoms with Crippen molar-refractivity contribution >= 4 is 38.1 Å². The molecule has 0 unspecified atom stereocenters. The van der Waals surface area contributed by atoms with Crippen molar-refractivity contribution in [2.75, 3.05) is 11.8 Å². The Morgan fingerprint density at radius 3 is 2.56 bits per heavy atom. The lowest BCUT2D eigenvalue weighted by Gasteiger charge is -2.07. The van der Waals surface area contributed by atoms with Gasteiger partial charge in [-0.3, -0.25) is 4.72 Å². The molecule has 2 aromatic carbocycles. The van der Waals surface area contributed by atoms with Crippen molar-refractivity contribution < 1.29 is 17.5 Å². The lowest BCUT2D eigenvalue weighted by molar-refractivity contribution is 0.385. The van der Waals surface area contributed by atoms with Gasteiger partial charge in [0.25, 0.3) is 10.0 Å². The normalized spacial score (nSPS) is 11.3. The van der Waals surface area contributed by atoms with Crippen LogP contribution < -0.4 is 9.46 Å². The Balaban J connectivity index is 1.84. The highest BCUT2D eigenvalue weighted by molar-refractivity contribution is 7.93. The molecule has 5 nitrogen and oxygen atoms in total. The van der Waals surface area contributed by atoms with E-state index in [1.807, 2.05) is 0 Å². The van der Waals surface area contributed by atoms with E-state index < -0.39 is 15.8 Å². The summed E-state index contributed by atoms with van der Waals surface area (Å²) in [4.78, 5) is 4.03. The minimum atomic E-state index is -3.96. The minimum absolute atomic E-state index is 0.0294. The van der Waals surface area contributed by atoms with Gasteiger partial charge in [0.1, 0.15) is 0 Å². The van der Waals surface area contributed by atoms with E-state index in [4.69, 9.17) is 16.3 Å². The number of anilines is 1. The number of aromatic nitrogens is 1. The van der Waals surface area contributed by atoms with Crippen LogP contribution in [-0.2, 0) is 10.0 Å². The molecule has 0 spiro atoms. The largest absolute Gasteiger partial charge is 0.494 e. The van der Waals surface area contributed by atoms with E-state index in [9.17, 15) is 12.8 Å². The van der Waals surface area contributed by atoms with Gasteiger partial charge in [-0.1, -0.05) is 23.7 Å². The standard InChI is InChI=1S/C16H12ClFN2O3S2/c1-23-15-7-6-12(8-13(15)18)25(21,22)20-16-19-14(9-24-16)10-2-4-11(17)5-3-10/h2-9H,1H3,(H,19,20). The molecule has 0 saturated carbocycles. The fraction of sp³-hybridized carbons (Fsp3) is 0.0625. The van der Waals surface area contributed by atoms with E-state index in [-0.39, 0.29) is 15.8 Å². The number of nitrogens with zero attached hydrogens (tertiary/aromatic N) is 1. The molecule has 3 rings (SSSR count). The fourth-order valence-electron chi connectivity index (χ4n) is 2.06.